The van der Waals surface area contributed by atoms with Gasteiger partial charge in [0.25, 0.3) is 6.43 Å². The van der Waals surface area contributed by atoms with Gasteiger partial charge in [0.2, 0.25) is 5.13 Å². The summed E-state index contributed by atoms with van der Waals surface area (Å²) in [6.45, 7) is 0.404. The van der Waals surface area contributed by atoms with Gasteiger partial charge in [-0.05, 0) is 12.1 Å². The van der Waals surface area contributed by atoms with Gasteiger partial charge in [-0.1, -0.05) is 17.4 Å². The van der Waals surface area contributed by atoms with Crippen molar-refractivity contribution in [2.75, 3.05) is 5.32 Å². The number of thiazole rings is 1. The minimum Gasteiger partial charge on any atom is -0.354 e. The first-order chi connectivity index (χ1) is 10.2. The van der Waals surface area contributed by atoms with Crippen molar-refractivity contribution in [1.82, 2.24) is 20.2 Å². The zero-order chi connectivity index (χ0) is 14.7. The van der Waals surface area contributed by atoms with E-state index in [1.165, 1.54) is 11.3 Å². The summed E-state index contributed by atoms with van der Waals surface area (Å²) in [5.74, 6) is 0. The number of alkyl halides is 2. The molecule has 0 radical (unpaired) electrons. The number of nitrogens with zero attached hydrogens (tertiary/aromatic N) is 4. The van der Waals surface area contributed by atoms with Gasteiger partial charge in [-0.25, -0.2) is 13.8 Å². The zero-order valence-electron chi connectivity index (χ0n) is 10.5. The van der Waals surface area contributed by atoms with Crippen molar-refractivity contribution in [2.24, 2.45) is 0 Å². The number of hydrogen-bond donors (Lipinski definition) is 1. The van der Waals surface area contributed by atoms with E-state index < -0.39 is 6.43 Å². The topological polar surface area (TPSA) is 63.6 Å². The summed E-state index contributed by atoms with van der Waals surface area (Å²) in [7, 11) is 0. The second kappa shape index (κ2) is 6.19. The van der Waals surface area contributed by atoms with Gasteiger partial charge in [0.1, 0.15) is 5.01 Å². The monoisotopic (exact) mass is 325 g/mol. The Bertz CT molecular complexity index is 713. The summed E-state index contributed by atoms with van der Waals surface area (Å²) < 4.78 is 24.8. The Kier molecular flexibility index (Phi) is 4.11. The Morgan fingerprint density at radius 3 is 2.86 bits per heavy atom. The fourth-order valence-electron chi connectivity index (χ4n) is 1.56. The molecule has 1 N–H and O–H groups in total. The van der Waals surface area contributed by atoms with Crippen LogP contribution in [0.25, 0.3) is 10.7 Å². The zero-order valence-corrected chi connectivity index (χ0v) is 12.2. The molecule has 9 heteroatoms. The van der Waals surface area contributed by atoms with E-state index in [4.69, 9.17) is 0 Å². The molecule has 0 aromatic carbocycles. The molecule has 108 valence electrons. The molecule has 0 saturated carbocycles. The maximum atomic E-state index is 12.4. The van der Waals surface area contributed by atoms with E-state index in [1.807, 2.05) is 23.6 Å². The lowest BCUT2D eigenvalue weighted by molar-refractivity contribution is 0.150. The maximum absolute atomic E-state index is 12.4. The molecule has 5 nitrogen and oxygen atoms in total. The molecule has 0 aliphatic carbocycles. The molecule has 0 unspecified atom stereocenters. The standard InChI is InChI=1S/C12H9F2N5S2/c13-9(14)11-18-19-12(21-11)16-5-7-6-20-10(17-7)8-3-1-2-4-15-8/h1-4,6,9H,5H2,(H,16,19). The first-order valence-corrected chi connectivity index (χ1v) is 7.63. The van der Waals surface area contributed by atoms with Gasteiger partial charge in [-0.2, -0.15) is 0 Å². The van der Waals surface area contributed by atoms with Gasteiger partial charge in [-0.15, -0.1) is 21.5 Å². The van der Waals surface area contributed by atoms with Crippen LogP contribution in [0.3, 0.4) is 0 Å². The first-order valence-electron chi connectivity index (χ1n) is 5.93. The lowest BCUT2D eigenvalue weighted by Crippen LogP contribution is -1.99. The quantitative estimate of drug-likeness (QED) is 0.776. The van der Waals surface area contributed by atoms with Crippen LogP contribution in [0.4, 0.5) is 13.9 Å². The molecule has 0 aliphatic heterocycles. The summed E-state index contributed by atoms with van der Waals surface area (Å²) in [6.07, 6.45) is -0.880. The van der Waals surface area contributed by atoms with Gasteiger partial charge in [0, 0.05) is 11.6 Å². The number of anilines is 1. The first kappa shape index (κ1) is 14.0. The van der Waals surface area contributed by atoms with Gasteiger partial charge in [0.15, 0.2) is 5.01 Å². The van der Waals surface area contributed by atoms with Crippen molar-refractivity contribution < 1.29 is 8.78 Å². The lowest BCUT2D eigenvalue weighted by Gasteiger charge is -1.97. The van der Waals surface area contributed by atoms with Gasteiger partial charge in [0.05, 0.1) is 17.9 Å². The molecule has 3 aromatic heterocycles. The van der Waals surface area contributed by atoms with E-state index >= 15 is 0 Å². The molecular formula is C12H9F2N5S2. The molecule has 0 atom stereocenters. The van der Waals surface area contributed by atoms with Crippen LogP contribution < -0.4 is 5.32 Å². The number of pyridine rings is 1. The highest BCUT2D eigenvalue weighted by Gasteiger charge is 2.14. The molecule has 21 heavy (non-hydrogen) atoms. The van der Waals surface area contributed by atoms with Crippen molar-refractivity contribution in [1.29, 1.82) is 0 Å². The van der Waals surface area contributed by atoms with Crippen LogP contribution in [-0.4, -0.2) is 20.2 Å². The third kappa shape index (κ3) is 3.37. The summed E-state index contributed by atoms with van der Waals surface area (Å²) in [5, 5.41) is 12.8. The smallest absolute Gasteiger partial charge is 0.291 e. The minimum atomic E-state index is -2.59. The van der Waals surface area contributed by atoms with Crippen molar-refractivity contribution in [3.63, 3.8) is 0 Å². The number of rotatable bonds is 5. The van der Waals surface area contributed by atoms with Crippen LogP contribution in [0, 0.1) is 0 Å². The fraction of sp³-hybridized carbons (Fsp3) is 0.167. The second-order valence-corrected chi connectivity index (χ2v) is 5.83. The van der Waals surface area contributed by atoms with Crippen molar-refractivity contribution in [3.05, 3.63) is 40.5 Å². The highest BCUT2D eigenvalue weighted by atomic mass is 32.1. The average molecular weight is 325 g/mol. The largest absolute Gasteiger partial charge is 0.354 e. The molecule has 3 aromatic rings. The summed E-state index contributed by atoms with van der Waals surface area (Å²) in [6, 6.07) is 5.63. The predicted octanol–water partition coefficient (Wildman–Crippen LogP) is 3.61. The minimum absolute atomic E-state index is 0.287. The lowest BCUT2D eigenvalue weighted by atomic mass is 10.4. The second-order valence-electron chi connectivity index (χ2n) is 3.96. The van der Waals surface area contributed by atoms with E-state index in [-0.39, 0.29) is 5.01 Å². The Morgan fingerprint density at radius 2 is 2.14 bits per heavy atom. The summed E-state index contributed by atoms with van der Waals surface area (Å²) in [4.78, 5) is 8.67. The normalized spacial score (nSPS) is 11.0. The SMILES string of the molecule is FC(F)c1nnc(NCc2csc(-c3ccccn3)n2)s1. The molecule has 0 spiro atoms. The number of halogens is 2. The van der Waals surface area contributed by atoms with E-state index in [0.29, 0.717) is 11.7 Å². The molecule has 3 rings (SSSR count). The third-order valence-corrected chi connectivity index (χ3v) is 4.29. The summed E-state index contributed by atoms with van der Waals surface area (Å²) in [5.41, 5.74) is 1.61. The Hall–Kier alpha value is -2.00. The van der Waals surface area contributed by atoms with E-state index in [1.54, 1.807) is 6.20 Å². The Balaban J connectivity index is 1.65. The Morgan fingerprint density at radius 1 is 1.24 bits per heavy atom. The molecule has 0 bridgehead atoms. The molecule has 0 fully saturated rings. The maximum Gasteiger partial charge on any atom is 0.291 e. The molecule has 0 saturated heterocycles. The third-order valence-electron chi connectivity index (χ3n) is 2.48. The molecule has 0 amide bonds. The van der Waals surface area contributed by atoms with Crippen LogP contribution in [0.2, 0.25) is 0 Å². The van der Waals surface area contributed by atoms with Crippen LogP contribution >= 0.6 is 22.7 Å². The van der Waals surface area contributed by atoms with Crippen LogP contribution in [0.1, 0.15) is 17.1 Å². The van der Waals surface area contributed by atoms with Gasteiger partial charge in [-0.3, -0.25) is 4.98 Å². The van der Waals surface area contributed by atoms with Crippen molar-refractivity contribution in [3.8, 4) is 10.7 Å². The average Bonchev–Trinajstić information content (AvgIpc) is 3.15. The molecule has 3 heterocycles. The van der Waals surface area contributed by atoms with Gasteiger partial charge < -0.3 is 5.32 Å². The number of aromatic nitrogens is 4. The van der Waals surface area contributed by atoms with Crippen molar-refractivity contribution in [2.45, 2.75) is 13.0 Å². The van der Waals surface area contributed by atoms with Crippen molar-refractivity contribution >= 4 is 27.8 Å². The Labute approximate surface area is 126 Å². The predicted molar refractivity (Wildman–Crippen MR) is 77.5 cm³/mol. The number of hydrogen-bond acceptors (Lipinski definition) is 7. The molecular weight excluding hydrogens is 316 g/mol. The van der Waals surface area contributed by atoms with E-state index in [0.717, 1.165) is 27.7 Å². The van der Waals surface area contributed by atoms with E-state index in [9.17, 15) is 8.78 Å². The summed E-state index contributed by atoms with van der Waals surface area (Å²) >= 11 is 2.32. The van der Waals surface area contributed by atoms with Crippen LogP contribution in [0.5, 0.6) is 0 Å². The number of nitrogens with one attached hydrogen (secondary N) is 1. The van der Waals surface area contributed by atoms with Crippen LogP contribution in [-0.2, 0) is 6.54 Å². The highest BCUT2D eigenvalue weighted by Crippen LogP contribution is 2.26. The van der Waals surface area contributed by atoms with Crippen LogP contribution in [0.15, 0.2) is 29.8 Å². The fourth-order valence-corrected chi connectivity index (χ4v) is 2.95. The molecule has 0 aliphatic rings. The van der Waals surface area contributed by atoms with Gasteiger partial charge >= 0.3 is 0 Å². The van der Waals surface area contributed by atoms with E-state index in [2.05, 4.69) is 25.5 Å². The highest BCUT2D eigenvalue weighted by molar-refractivity contribution is 7.15.